The molecule has 3 heterocycles. The molecule has 1 aliphatic heterocycles. The number of carboxylic acids is 1. The van der Waals surface area contributed by atoms with E-state index in [0.29, 0.717) is 19.5 Å². The Hall–Kier alpha value is -2.61. The summed E-state index contributed by atoms with van der Waals surface area (Å²) >= 11 is 0. The van der Waals surface area contributed by atoms with Crippen molar-refractivity contribution in [3.8, 4) is 0 Å². The van der Waals surface area contributed by atoms with Gasteiger partial charge in [0.1, 0.15) is 17.1 Å². The smallest absolute Gasteiger partial charge is 0.303 e. The Bertz CT molecular complexity index is 936. The van der Waals surface area contributed by atoms with Crippen LogP contribution in [0, 0.1) is 5.41 Å². The van der Waals surface area contributed by atoms with E-state index in [1.807, 2.05) is 28.8 Å². The van der Waals surface area contributed by atoms with E-state index in [0.717, 1.165) is 37.1 Å². The number of rotatable bonds is 7. The fourth-order valence-electron chi connectivity index (χ4n) is 5.22. The summed E-state index contributed by atoms with van der Waals surface area (Å²) < 4.78 is 2.00. The molecule has 0 spiro atoms. The molecule has 1 amide bonds. The average molecular weight is 415 g/mol. The van der Waals surface area contributed by atoms with Crippen molar-refractivity contribution in [1.29, 1.82) is 0 Å². The number of anilines is 1. The van der Waals surface area contributed by atoms with Crippen molar-refractivity contribution in [2.24, 2.45) is 5.41 Å². The SMILES string of the molecule is CN(C[C@@]1(O)CCN(c2cccc3nccn23)C1)C(=O)CC1(CC(=O)O)CCCC1. The van der Waals surface area contributed by atoms with Crippen LogP contribution in [0.1, 0.15) is 44.9 Å². The van der Waals surface area contributed by atoms with Crippen molar-refractivity contribution in [1.82, 2.24) is 14.3 Å². The van der Waals surface area contributed by atoms with Crippen LogP contribution in [-0.2, 0) is 9.59 Å². The van der Waals surface area contributed by atoms with Crippen LogP contribution in [0.4, 0.5) is 5.82 Å². The first kappa shape index (κ1) is 20.7. The van der Waals surface area contributed by atoms with E-state index in [2.05, 4.69) is 9.88 Å². The molecule has 162 valence electrons. The van der Waals surface area contributed by atoms with Crippen LogP contribution >= 0.6 is 0 Å². The molecular formula is C22H30N4O4. The van der Waals surface area contributed by atoms with Crippen LogP contribution in [-0.4, -0.2) is 68.7 Å². The van der Waals surface area contributed by atoms with E-state index in [1.54, 1.807) is 18.1 Å². The molecule has 1 aliphatic carbocycles. The number of fused-ring (bicyclic) bond motifs is 1. The Morgan fingerprint density at radius 2 is 1.97 bits per heavy atom. The normalized spacial score (nSPS) is 23.2. The van der Waals surface area contributed by atoms with Gasteiger partial charge in [-0.3, -0.25) is 14.0 Å². The summed E-state index contributed by atoms with van der Waals surface area (Å²) in [5.74, 6) is 0.0501. The summed E-state index contributed by atoms with van der Waals surface area (Å²) in [6.07, 6.45) is 8.02. The van der Waals surface area contributed by atoms with E-state index in [9.17, 15) is 19.8 Å². The maximum Gasteiger partial charge on any atom is 0.303 e. The van der Waals surface area contributed by atoms with Gasteiger partial charge in [-0.05, 0) is 36.8 Å². The van der Waals surface area contributed by atoms with Crippen LogP contribution in [0.3, 0.4) is 0 Å². The maximum absolute atomic E-state index is 12.9. The zero-order valence-corrected chi connectivity index (χ0v) is 17.5. The molecule has 4 rings (SSSR count). The van der Waals surface area contributed by atoms with E-state index in [1.165, 1.54) is 0 Å². The summed E-state index contributed by atoms with van der Waals surface area (Å²) in [7, 11) is 1.71. The van der Waals surface area contributed by atoms with Gasteiger partial charge in [-0.2, -0.15) is 0 Å². The predicted molar refractivity (Wildman–Crippen MR) is 112 cm³/mol. The van der Waals surface area contributed by atoms with E-state index >= 15 is 0 Å². The molecule has 30 heavy (non-hydrogen) atoms. The highest BCUT2D eigenvalue weighted by molar-refractivity contribution is 5.78. The number of amides is 1. The van der Waals surface area contributed by atoms with Crippen molar-refractivity contribution in [2.75, 3.05) is 31.6 Å². The number of carbonyl (C=O) groups is 2. The molecular weight excluding hydrogens is 384 g/mol. The van der Waals surface area contributed by atoms with Gasteiger partial charge in [0, 0.05) is 39.0 Å². The van der Waals surface area contributed by atoms with Gasteiger partial charge in [0.25, 0.3) is 0 Å². The van der Waals surface area contributed by atoms with Crippen LogP contribution in [0.2, 0.25) is 0 Å². The zero-order valence-electron chi connectivity index (χ0n) is 17.5. The van der Waals surface area contributed by atoms with Crippen molar-refractivity contribution in [2.45, 2.75) is 50.5 Å². The number of pyridine rings is 1. The van der Waals surface area contributed by atoms with Crippen molar-refractivity contribution in [3.63, 3.8) is 0 Å². The number of aromatic nitrogens is 2. The number of imidazole rings is 1. The minimum Gasteiger partial charge on any atom is -0.481 e. The molecule has 1 saturated carbocycles. The second-order valence-electron chi connectivity index (χ2n) is 9.14. The molecule has 1 saturated heterocycles. The molecule has 0 bridgehead atoms. The van der Waals surface area contributed by atoms with Crippen molar-refractivity contribution >= 4 is 23.3 Å². The molecule has 2 aliphatic rings. The van der Waals surface area contributed by atoms with E-state index < -0.39 is 17.0 Å². The fraction of sp³-hybridized carbons (Fsp3) is 0.591. The lowest BCUT2D eigenvalue weighted by molar-refractivity contribution is -0.142. The molecule has 8 nitrogen and oxygen atoms in total. The van der Waals surface area contributed by atoms with Crippen LogP contribution < -0.4 is 4.90 Å². The van der Waals surface area contributed by atoms with Gasteiger partial charge < -0.3 is 20.0 Å². The molecule has 0 radical (unpaired) electrons. The predicted octanol–water partition coefficient (Wildman–Crippen LogP) is 2.16. The third kappa shape index (κ3) is 4.14. The molecule has 0 unspecified atom stereocenters. The van der Waals surface area contributed by atoms with Gasteiger partial charge in [0.15, 0.2) is 0 Å². The third-order valence-corrected chi connectivity index (χ3v) is 6.74. The van der Waals surface area contributed by atoms with Crippen molar-refractivity contribution < 1.29 is 19.8 Å². The Kier molecular flexibility index (Phi) is 5.44. The zero-order chi connectivity index (χ0) is 21.4. The molecule has 2 aromatic heterocycles. The van der Waals surface area contributed by atoms with E-state index in [-0.39, 0.29) is 25.3 Å². The van der Waals surface area contributed by atoms with Crippen LogP contribution in [0.5, 0.6) is 0 Å². The summed E-state index contributed by atoms with van der Waals surface area (Å²) in [5, 5.41) is 20.5. The topological polar surface area (TPSA) is 98.4 Å². The minimum atomic E-state index is -0.997. The first-order valence-electron chi connectivity index (χ1n) is 10.6. The fourth-order valence-corrected chi connectivity index (χ4v) is 5.22. The number of carboxylic acid groups (broad SMARTS) is 1. The Morgan fingerprint density at radius 3 is 2.70 bits per heavy atom. The van der Waals surface area contributed by atoms with Gasteiger partial charge in [0.05, 0.1) is 13.0 Å². The van der Waals surface area contributed by atoms with Gasteiger partial charge >= 0.3 is 5.97 Å². The summed E-state index contributed by atoms with van der Waals surface area (Å²) in [6, 6.07) is 5.90. The highest BCUT2D eigenvalue weighted by atomic mass is 16.4. The molecule has 8 heteroatoms. The second kappa shape index (κ2) is 7.91. The minimum absolute atomic E-state index is 0.0412. The monoisotopic (exact) mass is 414 g/mol. The van der Waals surface area contributed by atoms with Crippen LogP contribution in [0.25, 0.3) is 5.65 Å². The molecule has 2 aromatic rings. The summed E-state index contributed by atoms with van der Waals surface area (Å²) in [6.45, 7) is 1.37. The Morgan fingerprint density at radius 1 is 1.20 bits per heavy atom. The lowest BCUT2D eigenvalue weighted by Gasteiger charge is -2.33. The number of carbonyl (C=O) groups excluding carboxylic acids is 1. The van der Waals surface area contributed by atoms with Crippen LogP contribution in [0.15, 0.2) is 30.6 Å². The number of hydrogen-bond acceptors (Lipinski definition) is 5. The Balaban J connectivity index is 1.40. The first-order chi connectivity index (χ1) is 14.3. The lowest BCUT2D eigenvalue weighted by atomic mass is 9.79. The Labute approximate surface area is 176 Å². The van der Waals surface area contributed by atoms with Gasteiger partial charge in [-0.25, -0.2) is 4.98 Å². The maximum atomic E-state index is 12.9. The quantitative estimate of drug-likeness (QED) is 0.720. The van der Waals surface area contributed by atoms with Gasteiger partial charge in [-0.1, -0.05) is 18.9 Å². The van der Waals surface area contributed by atoms with E-state index in [4.69, 9.17) is 0 Å². The average Bonchev–Trinajstić information content (AvgIpc) is 3.41. The third-order valence-electron chi connectivity index (χ3n) is 6.74. The number of aliphatic hydroxyl groups is 1. The standard InChI is InChI=1S/C22H30N4O4/c1-24(19(27)13-21(14-20(28)29)7-2-3-8-21)15-22(30)9-11-25(16-22)18-6-4-5-17-23-10-12-26(17)18/h4-6,10,12,30H,2-3,7-9,11,13-16H2,1H3,(H,28,29)/t22-/m0/s1. The largest absolute Gasteiger partial charge is 0.481 e. The molecule has 1 atom stereocenters. The number of hydrogen-bond donors (Lipinski definition) is 2. The summed E-state index contributed by atoms with van der Waals surface area (Å²) in [4.78, 5) is 32.2. The highest BCUT2D eigenvalue weighted by Gasteiger charge is 2.41. The molecule has 2 N–H and O–H groups in total. The number of nitrogens with zero attached hydrogens (tertiary/aromatic N) is 4. The van der Waals surface area contributed by atoms with Gasteiger partial charge in [0.2, 0.25) is 5.91 Å². The summed E-state index contributed by atoms with van der Waals surface area (Å²) in [5.41, 5.74) is -0.572. The molecule has 0 aromatic carbocycles. The second-order valence-corrected chi connectivity index (χ2v) is 9.14. The number of likely N-dealkylation sites (N-methyl/N-ethyl adjacent to an activating group) is 1. The number of β-amino-alcohol motifs (C(OH)–C–C–N with tert-alkyl or cyclic N) is 1. The van der Waals surface area contributed by atoms with Crippen molar-refractivity contribution in [3.05, 3.63) is 30.6 Å². The number of aliphatic carboxylic acids is 1. The molecule has 2 fully saturated rings. The highest BCUT2D eigenvalue weighted by Crippen LogP contribution is 2.44. The first-order valence-corrected chi connectivity index (χ1v) is 10.6. The lowest BCUT2D eigenvalue weighted by Crippen LogP contribution is -2.46. The van der Waals surface area contributed by atoms with Gasteiger partial charge in [-0.15, -0.1) is 0 Å².